The van der Waals surface area contributed by atoms with Crippen LogP contribution in [-0.2, 0) is 4.74 Å². The van der Waals surface area contributed by atoms with Gasteiger partial charge in [-0.2, -0.15) is 17.6 Å². The van der Waals surface area contributed by atoms with Crippen LogP contribution in [0.15, 0.2) is 11.8 Å². The molecule has 10 heavy (non-hydrogen) atoms. The minimum absolute atomic E-state index is 0.104. The van der Waals surface area contributed by atoms with Crippen LogP contribution in [0.25, 0.3) is 0 Å². The first-order valence-electron chi connectivity index (χ1n) is 2.45. The largest absolute Gasteiger partial charge is 0.495 e. The molecule has 0 bridgehead atoms. The molecule has 0 aliphatic heterocycles. The molecule has 0 aromatic carbocycles. The predicted octanol–water partition coefficient (Wildman–Crippen LogP) is 1.80. The molecule has 1 aliphatic rings. The van der Waals surface area contributed by atoms with Gasteiger partial charge in [-0.3, -0.25) is 0 Å². The first-order chi connectivity index (χ1) is 4.42. The Bertz CT molecular complexity index is 184. The molecule has 5 heteroatoms. The van der Waals surface area contributed by atoms with Gasteiger partial charge in [-0.15, -0.1) is 0 Å². The lowest BCUT2D eigenvalue weighted by molar-refractivity contribution is -0.205. The van der Waals surface area contributed by atoms with Gasteiger partial charge in [0, 0.05) is 6.08 Å². The van der Waals surface area contributed by atoms with Crippen LogP contribution in [0.2, 0.25) is 0 Å². The van der Waals surface area contributed by atoms with Gasteiger partial charge in [-0.05, 0) is 0 Å². The lowest BCUT2D eigenvalue weighted by atomic mass is 9.98. The highest BCUT2D eigenvalue weighted by atomic mass is 19.3. The molecule has 0 N–H and O–H groups in total. The molecule has 0 aromatic rings. The van der Waals surface area contributed by atoms with E-state index in [0.29, 0.717) is 0 Å². The third-order valence-electron chi connectivity index (χ3n) is 1.26. The number of ether oxygens (including phenoxy) is 1. The number of rotatable bonds is 1. The monoisotopic (exact) mass is 156 g/mol. The van der Waals surface area contributed by atoms with E-state index in [1.54, 1.807) is 0 Å². The fourth-order valence-corrected chi connectivity index (χ4v) is 0.620. The second-order valence-corrected chi connectivity index (χ2v) is 1.91. The molecule has 0 saturated heterocycles. The summed E-state index contributed by atoms with van der Waals surface area (Å²) < 4.78 is 51.7. The minimum Gasteiger partial charge on any atom is -0.495 e. The summed E-state index contributed by atoms with van der Waals surface area (Å²) in [5.41, 5.74) is 0. The SMILES string of the molecule is COC1=CC(F)(F)C1(F)F. The molecule has 0 atom stereocenters. The van der Waals surface area contributed by atoms with E-state index in [2.05, 4.69) is 4.74 Å². The van der Waals surface area contributed by atoms with Crippen LogP contribution < -0.4 is 0 Å². The molecule has 0 fully saturated rings. The van der Waals surface area contributed by atoms with E-state index in [1.807, 2.05) is 0 Å². The number of halogens is 4. The van der Waals surface area contributed by atoms with E-state index in [9.17, 15) is 17.6 Å². The molecule has 0 aromatic heterocycles. The molecular formula is C5H4F4O. The summed E-state index contributed by atoms with van der Waals surface area (Å²) in [6.07, 6.45) is 0.104. The summed E-state index contributed by atoms with van der Waals surface area (Å²) >= 11 is 0. The fraction of sp³-hybridized carbons (Fsp3) is 0.600. The van der Waals surface area contributed by atoms with Crippen LogP contribution in [0.5, 0.6) is 0 Å². The van der Waals surface area contributed by atoms with Crippen LogP contribution in [-0.4, -0.2) is 19.0 Å². The summed E-state index contributed by atoms with van der Waals surface area (Å²) in [7, 11) is 0.926. The zero-order valence-corrected chi connectivity index (χ0v) is 5.00. The fourth-order valence-electron chi connectivity index (χ4n) is 0.620. The molecule has 1 nitrogen and oxygen atoms in total. The number of hydrogen-bond donors (Lipinski definition) is 0. The van der Waals surface area contributed by atoms with Crippen molar-refractivity contribution in [3.05, 3.63) is 11.8 Å². The Hall–Kier alpha value is -0.740. The predicted molar refractivity (Wildman–Crippen MR) is 25.0 cm³/mol. The van der Waals surface area contributed by atoms with Crippen LogP contribution in [0.1, 0.15) is 0 Å². The average Bonchev–Trinajstić information content (AvgIpc) is 1.83. The maximum atomic E-state index is 12.0. The second kappa shape index (κ2) is 1.65. The van der Waals surface area contributed by atoms with Gasteiger partial charge in [0.05, 0.1) is 7.11 Å². The zero-order valence-electron chi connectivity index (χ0n) is 5.00. The highest BCUT2D eigenvalue weighted by Crippen LogP contribution is 2.49. The summed E-state index contributed by atoms with van der Waals surface area (Å²) in [4.78, 5) is 0. The summed E-state index contributed by atoms with van der Waals surface area (Å²) in [5.74, 6) is -9.10. The van der Waals surface area contributed by atoms with Gasteiger partial charge in [0.2, 0.25) is 0 Å². The van der Waals surface area contributed by atoms with Crippen molar-refractivity contribution in [1.82, 2.24) is 0 Å². The van der Waals surface area contributed by atoms with Gasteiger partial charge in [0.25, 0.3) is 0 Å². The van der Waals surface area contributed by atoms with Gasteiger partial charge in [-0.1, -0.05) is 0 Å². The molecule has 0 radical (unpaired) electrons. The van der Waals surface area contributed by atoms with Crippen molar-refractivity contribution in [2.75, 3.05) is 7.11 Å². The molecular weight excluding hydrogens is 152 g/mol. The van der Waals surface area contributed by atoms with E-state index in [-0.39, 0.29) is 6.08 Å². The highest BCUT2D eigenvalue weighted by molar-refractivity contribution is 5.29. The zero-order chi connectivity index (χ0) is 7.99. The first kappa shape index (κ1) is 7.37. The molecule has 0 heterocycles. The van der Waals surface area contributed by atoms with Crippen LogP contribution in [0.4, 0.5) is 17.6 Å². The molecule has 1 rings (SSSR count). The Kier molecular flexibility index (Phi) is 1.21. The number of alkyl halides is 4. The molecule has 0 unspecified atom stereocenters. The first-order valence-corrected chi connectivity index (χ1v) is 2.45. The maximum Gasteiger partial charge on any atom is 0.369 e. The van der Waals surface area contributed by atoms with Gasteiger partial charge in [-0.25, -0.2) is 0 Å². The third kappa shape index (κ3) is 0.629. The number of methoxy groups -OCH3 is 1. The highest BCUT2D eigenvalue weighted by Gasteiger charge is 2.67. The summed E-state index contributed by atoms with van der Waals surface area (Å²) in [5, 5.41) is 0. The van der Waals surface area contributed by atoms with Crippen molar-refractivity contribution in [2.24, 2.45) is 0 Å². The standard InChI is InChI=1S/C5H4F4O/c1-10-3-2-4(6,7)5(3,8)9/h2H,1H3. The summed E-state index contributed by atoms with van der Waals surface area (Å²) in [6.45, 7) is 0. The Morgan fingerprint density at radius 2 is 1.80 bits per heavy atom. The van der Waals surface area contributed by atoms with Crippen molar-refractivity contribution in [1.29, 1.82) is 0 Å². The van der Waals surface area contributed by atoms with Crippen molar-refractivity contribution in [3.63, 3.8) is 0 Å². The second-order valence-electron chi connectivity index (χ2n) is 1.91. The van der Waals surface area contributed by atoms with E-state index in [0.717, 1.165) is 7.11 Å². The smallest absolute Gasteiger partial charge is 0.369 e. The minimum atomic E-state index is -4.11. The topological polar surface area (TPSA) is 9.23 Å². The Morgan fingerprint density at radius 3 is 1.90 bits per heavy atom. The van der Waals surface area contributed by atoms with E-state index in [1.165, 1.54) is 0 Å². The van der Waals surface area contributed by atoms with E-state index < -0.39 is 17.6 Å². The van der Waals surface area contributed by atoms with Gasteiger partial charge < -0.3 is 4.74 Å². The Balaban J connectivity index is 2.87. The number of allylic oxidation sites excluding steroid dienone is 2. The molecule has 58 valence electrons. The van der Waals surface area contributed by atoms with Gasteiger partial charge in [0.1, 0.15) is 0 Å². The third-order valence-corrected chi connectivity index (χ3v) is 1.26. The van der Waals surface area contributed by atoms with Crippen molar-refractivity contribution in [2.45, 2.75) is 11.8 Å². The van der Waals surface area contributed by atoms with Crippen molar-refractivity contribution >= 4 is 0 Å². The summed E-state index contributed by atoms with van der Waals surface area (Å²) in [6, 6.07) is 0. The molecule has 1 aliphatic carbocycles. The lowest BCUT2D eigenvalue weighted by Crippen LogP contribution is -2.49. The van der Waals surface area contributed by atoms with Crippen molar-refractivity contribution < 1.29 is 22.3 Å². The number of hydrogen-bond acceptors (Lipinski definition) is 1. The van der Waals surface area contributed by atoms with Gasteiger partial charge >= 0.3 is 11.8 Å². The Labute approximate surface area is 54.3 Å². The Morgan fingerprint density at radius 1 is 1.30 bits per heavy atom. The quantitative estimate of drug-likeness (QED) is 0.526. The van der Waals surface area contributed by atoms with Crippen molar-refractivity contribution in [3.8, 4) is 0 Å². The van der Waals surface area contributed by atoms with Gasteiger partial charge in [0.15, 0.2) is 5.76 Å². The average molecular weight is 156 g/mol. The van der Waals surface area contributed by atoms with E-state index in [4.69, 9.17) is 0 Å². The molecule has 0 saturated carbocycles. The van der Waals surface area contributed by atoms with Crippen LogP contribution >= 0.6 is 0 Å². The van der Waals surface area contributed by atoms with E-state index >= 15 is 0 Å². The molecule has 0 spiro atoms. The normalized spacial score (nSPS) is 26.7. The maximum absolute atomic E-state index is 12.0. The molecule has 0 amide bonds. The lowest BCUT2D eigenvalue weighted by Gasteiger charge is -2.33. The van der Waals surface area contributed by atoms with Crippen LogP contribution in [0.3, 0.4) is 0 Å². The van der Waals surface area contributed by atoms with Crippen LogP contribution in [0, 0.1) is 0 Å².